The number of aliphatic carboxylic acids is 4. The number of aryl methyl sites for hydroxylation is 1. The predicted octanol–water partition coefficient (Wildman–Crippen LogP) is 2.87. The summed E-state index contributed by atoms with van der Waals surface area (Å²) in [5, 5.41) is 50.2. The number of piperidine rings is 2. The van der Waals surface area contributed by atoms with Crippen molar-refractivity contribution in [2.75, 3.05) is 13.1 Å². The van der Waals surface area contributed by atoms with Gasteiger partial charge in [-0.1, -0.05) is 121 Å². The molecule has 18 N–H and O–H groups in total. The summed E-state index contributed by atoms with van der Waals surface area (Å²) in [7, 11) is 0. The number of nitrogens with two attached hydrogens (primary N) is 4. The van der Waals surface area contributed by atoms with Crippen LogP contribution in [0.3, 0.4) is 0 Å². The summed E-state index contributed by atoms with van der Waals surface area (Å²) >= 11 is 0. The highest BCUT2D eigenvalue weighted by Gasteiger charge is 2.49. The molecule has 4 aromatic rings. The van der Waals surface area contributed by atoms with Crippen LogP contribution in [-0.4, -0.2) is 199 Å². The van der Waals surface area contributed by atoms with E-state index in [-0.39, 0.29) is 106 Å². The maximum Gasteiger partial charge on any atom is 0.490 e. The van der Waals surface area contributed by atoms with Gasteiger partial charge in [-0.05, 0) is 119 Å². The first-order valence-electron chi connectivity index (χ1n) is 34.3. The van der Waals surface area contributed by atoms with Crippen LogP contribution in [0.25, 0.3) is 0 Å². The number of rotatable bonds is 31. The number of guanidine groups is 2. The summed E-state index contributed by atoms with van der Waals surface area (Å²) in [6, 6.07) is 30.4. The average molecular weight is 1510 g/mol. The summed E-state index contributed by atoms with van der Waals surface area (Å²) in [4.78, 5) is 159. The highest BCUT2D eigenvalue weighted by atomic mass is 19.4. The van der Waals surface area contributed by atoms with Gasteiger partial charge in [0.25, 0.3) is 0 Å². The Morgan fingerprint density at radius 2 is 0.776 bits per heavy atom. The van der Waals surface area contributed by atoms with Crippen molar-refractivity contribution >= 4 is 83.1 Å². The van der Waals surface area contributed by atoms with Gasteiger partial charge in [0, 0.05) is 37.3 Å². The SMILES string of the molecule is NC(N)=NCCC[C@H](NC(=O)[C@@H]1CC[C@@H]2CCC(NC(=O)Cc3ccccc3)C(=O)N21)C(=O)N[C@@H](CCc1ccccc1)CC(=O)O.NC(N)=NCCC[C@H](NC(=O)[C@@H]1CC[C@@H]2CCC(NC(=O)Cc3ccccc3)C(=O)N21)C(=O)N[C@H](CC(=O)O)Cc1ccccc1.O=C(O)C(F)(F)F.O=C(O)C(F)(F)F. The van der Waals surface area contributed by atoms with Gasteiger partial charge in [-0.25, -0.2) is 9.59 Å². The predicted molar refractivity (Wildman–Crippen MR) is 374 cm³/mol. The van der Waals surface area contributed by atoms with Crippen molar-refractivity contribution in [3.05, 3.63) is 144 Å². The second-order valence-corrected chi connectivity index (χ2v) is 25.7. The number of hydrogen-bond donors (Lipinski definition) is 14. The Balaban J connectivity index is 0.000000325. The lowest BCUT2D eigenvalue weighted by Gasteiger charge is -2.38. The molecule has 0 radical (unpaired) electrons. The van der Waals surface area contributed by atoms with Gasteiger partial charge in [0.2, 0.25) is 47.3 Å². The second kappa shape index (κ2) is 42.6. The topological polar surface area (TPSA) is 493 Å². The Bertz CT molecular complexity index is 3680. The molecular weight excluding hydrogens is 1420 g/mol. The lowest BCUT2D eigenvalue weighted by atomic mass is 9.97. The minimum absolute atomic E-state index is 0.0940. The number of alkyl halides is 6. The number of hydrogen-bond acceptors (Lipinski definition) is 14. The number of halogens is 6. The lowest BCUT2D eigenvalue weighted by molar-refractivity contribution is -0.193. The van der Waals surface area contributed by atoms with Crippen LogP contribution >= 0.6 is 0 Å². The number of carbonyl (C=O) groups is 12. The number of fused-ring (bicyclic) bond motifs is 2. The smallest absolute Gasteiger partial charge is 0.481 e. The molecule has 8 amide bonds. The summed E-state index contributed by atoms with van der Waals surface area (Å²) < 4.78 is 63.5. The van der Waals surface area contributed by atoms with Crippen LogP contribution in [0.5, 0.6) is 0 Å². The molecule has 10 atom stereocenters. The molecule has 0 aromatic heterocycles. The molecule has 4 aromatic carbocycles. The number of aliphatic imine (C=N–C) groups is 2. The summed E-state index contributed by atoms with van der Waals surface area (Å²) in [5.41, 5.74) is 25.3. The monoisotopic (exact) mass is 1510 g/mol. The quantitative estimate of drug-likeness (QED) is 0.0149. The maximum absolute atomic E-state index is 13.7. The molecule has 0 spiro atoms. The zero-order valence-corrected chi connectivity index (χ0v) is 58.2. The fraction of sp³-hybridized carbons (Fsp3) is 0.465. The van der Waals surface area contributed by atoms with E-state index >= 15 is 0 Å². The molecule has 4 aliphatic heterocycles. The molecule has 30 nitrogen and oxygen atoms in total. The lowest BCUT2D eigenvalue weighted by Crippen LogP contribution is -2.60. The Morgan fingerprint density at radius 3 is 1.12 bits per heavy atom. The van der Waals surface area contributed by atoms with Crippen molar-refractivity contribution < 1.29 is 104 Å². The molecule has 36 heteroatoms. The van der Waals surface area contributed by atoms with Gasteiger partial charge in [0.15, 0.2) is 11.9 Å². The number of carboxylic acid groups (broad SMARTS) is 4. The normalized spacial score (nSPS) is 18.9. The van der Waals surface area contributed by atoms with E-state index < -0.39 is 108 Å². The third-order valence-electron chi connectivity index (χ3n) is 17.5. The summed E-state index contributed by atoms with van der Waals surface area (Å²) in [6.07, 6.45) is -3.76. The van der Waals surface area contributed by atoms with E-state index in [0.717, 1.165) is 22.3 Å². The van der Waals surface area contributed by atoms with E-state index in [9.17, 15) is 84.5 Å². The van der Waals surface area contributed by atoms with Crippen LogP contribution < -0.4 is 54.8 Å². The molecule has 4 aliphatic rings. The summed E-state index contributed by atoms with van der Waals surface area (Å²) in [5.74, 6) is -11.0. The number of benzene rings is 4. The minimum Gasteiger partial charge on any atom is -0.481 e. The number of nitrogens with one attached hydrogen (secondary N) is 6. The molecule has 2 unspecified atom stereocenters. The Morgan fingerprint density at radius 1 is 0.449 bits per heavy atom. The second-order valence-electron chi connectivity index (χ2n) is 25.7. The van der Waals surface area contributed by atoms with Crippen LogP contribution in [0.15, 0.2) is 131 Å². The van der Waals surface area contributed by atoms with Crippen LogP contribution in [0, 0.1) is 0 Å². The van der Waals surface area contributed by atoms with Gasteiger partial charge in [-0.2, -0.15) is 26.3 Å². The number of carboxylic acids is 4. The molecule has 4 fully saturated rings. The van der Waals surface area contributed by atoms with Crippen molar-refractivity contribution in [2.45, 2.75) is 195 Å². The van der Waals surface area contributed by atoms with E-state index in [0.29, 0.717) is 77.0 Å². The van der Waals surface area contributed by atoms with Gasteiger partial charge in [0.05, 0.1) is 25.7 Å². The Labute approximate surface area is 611 Å². The zero-order chi connectivity index (χ0) is 79.0. The van der Waals surface area contributed by atoms with Gasteiger partial charge >= 0.3 is 36.2 Å². The highest BCUT2D eigenvalue weighted by molar-refractivity contribution is 5.97. The third-order valence-corrected chi connectivity index (χ3v) is 17.5. The third kappa shape index (κ3) is 30.3. The molecule has 4 saturated heterocycles. The Hall–Kier alpha value is -11.4. The standard InChI is InChI=1S/C34H45N7O6.C33H43N7O6.2C2HF3O2/c35-34(36)37-19-7-12-26(31(45)38-24(21-30(43)44)14-13-22-8-3-1-4-9-22)40-32(46)28-18-16-25-15-17-27(33(47)41(25)28)39-29(42)20-23-10-5-2-6-11-23;34-33(35)36-17-7-12-25(30(44)37-23(20-29(42)43)18-21-8-3-1-4-9-21)39-31(45)27-16-14-24-13-15-26(32(46)40(24)27)38-28(41)19-22-10-5-2-6-11-22;2*3-2(4,5)1(6)7/h1-6,8-11,24-28H,7,12-21H2,(H,38,45)(H,39,42)(H,40,46)(H,43,44)(H4,35,36,37);1-6,8-11,23-27H,7,12-20H2,(H,37,44)(H,38,41)(H,39,45)(H,42,43)(H4,34,35,36);2*(H,6,7)/t24-,25-,26-,27?,28-;23-,24-,25-,26?,27-;;/m00../s1. The fourth-order valence-corrected chi connectivity index (χ4v) is 12.5. The first-order chi connectivity index (χ1) is 50.6. The average Bonchev–Trinajstić information content (AvgIpc) is 1.66. The fourth-order valence-electron chi connectivity index (χ4n) is 12.5. The van der Waals surface area contributed by atoms with Crippen LogP contribution in [0.2, 0.25) is 0 Å². The van der Waals surface area contributed by atoms with Gasteiger partial charge in [-0.3, -0.25) is 57.9 Å². The molecular formula is C71H90F6N14O16. The first kappa shape index (κ1) is 86.3. The number of nitrogens with zero attached hydrogens (tertiary/aromatic N) is 4. The summed E-state index contributed by atoms with van der Waals surface area (Å²) in [6.45, 7) is 0.458. The van der Waals surface area contributed by atoms with Crippen molar-refractivity contribution in [1.29, 1.82) is 0 Å². The molecule has 8 rings (SSSR count). The van der Waals surface area contributed by atoms with Crippen molar-refractivity contribution in [3.63, 3.8) is 0 Å². The van der Waals surface area contributed by atoms with Crippen LogP contribution in [0.1, 0.15) is 119 Å². The molecule has 582 valence electrons. The van der Waals surface area contributed by atoms with E-state index in [4.69, 9.17) is 42.7 Å². The van der Waals surface area contributed by atoms with E-state index in [1.807, 2.05) is 121 Å². The van der Waals surface area contributed by atoms with Crippen LogP contribution in [0.4, 0.5) is 26.3 Å². The van der Waals surface area contributed by atoms with Crippen molar-refractivity contribution in [2.24, 2.45) is 32.9 Å². The first-order valence-corrected chi connectivity index (χ1v) is 34.3. The van der Waals surface area contributed by atoms with Gasteiger partial charge in [-0.15, -0.1) is 0 Å². The largest absolute Gasteiger partial charge is 0.490 e. The molecule has 107 heavy (non-hydrogen) atoms. The van der Waals surface area contributed by atoms with E-state index in [1.165, 1.54) is 0 Å². The zero-order valence-electron chi connectivity index (χ0n) is 58.2. The van der Waals surface area contributed by atoms with E-state index in [1.54, 1.807) is 9.80 Å². The number of carbonyl (C=O) groups excluding carboxylic acids is 8. The van der Waals surface area contributed by atoms with E-state index in [2.05, 4.69) is 41.9 Å². The van der Waals surface area contributed by atoms with Crippen molar-refractivity contribution in [1.82, 2.24) is 41.7 Å². The molecule has 4 heterocycles. The van der Waals surface area contributed by atoms with Crippen LogP contribution in [-0.2, 0) is 83.2 Å². The van der Waals surface area contributed by atoms with Gasteiger partial charge < -0.3 is 85.1 Å². The highest BCUT2D eigenvalue weighted by Crippen LogP contribution is 2.35. The maximum atomic E-state index is 13.7. The number of amides is 8. The molecule has 0 saturated carbocycles. The minimum atomic E-state index is -5.08. The van der Waals surface area contributed by atoms with Crippen molar-refractivity contribution in [3.8, 4) is 0 Å². The van der Waals surface area contributed by atoms with Gasteiger partial charge in [0.1, 0.15) is 36.3 Å². The Kier molecular flexibility index (Phi) is 34.3. The molecule has 0 bridgehead atoms. The molecule has 0 aliphatic carbocycles.